The van der Waals surface area contributed by atoms with Crippen molar-refractivity contribution in [2.45, 2.75) is 33.1 Å². The first-order chi connectivity index (χ1) is 17.5. The van der Waals surface area contributed by atoms with Crippen LogP contribution in [0.15, 0.2) is 72.1 Å². The Labute approximate surface area is 213 Å². The number of carbonyl (C=O) groups excluding carboxylic acids is 1. The van der Waals surface area contributed by atoms with Crippen molar-refractivity contribution in [2.75, 3.05) is 6.79 Å². The molecule has 0 saturated carbocycles. The van der Waals surface area contributed by atoms with Gasteiger partial charge in [-0.1, -0.05) is 48.0 Å². The number of benzene rings is 3. The van der Waals surface area contributed by atoms with Gasteiger partial charge in [0, 0.05) is 25.0 Å². The standard InChI is InChI=1S/C28H26FN3O3S/c1-19-2-4-20(5-3-19)14-32(15-21-6-9-23(29)10-7-21)16-27-31-24(17-36-27)28(33)30-13-22-8-11-25-26(12-22)35-18-34-25/h2-12,17H,13-16,18H2,1H3,(H,30,33). The van der Waals surface area contributed by atoms with E-state index >= 15 is 0 Å². The van der Waals surface area contributed by atoms with E-state index in [0.717, 1.165) is 16.1 Å². The number of rotatable bonds is 9. The van der Waals surface area contributed by atoms with Gasteiger partial charge in [-0.15, -0.1) is 11.3 Å². The van der Waals surface area contributed by atoms with E-state index in [1.165, 1.54) is 34.6 Å². The highest BCUT2D eigenvalue weighted by atomic mass is 32.1. The Kier molecular flexibility index (Phi) is 7.25. The lowest BCUT2D eigenvalue weighted by Gasteiger charge is -2.21. The van der Waals surface area contributed by atoms with E-state index in [2.05, 4.69) is 46.4 Å². The summed E-state index contributed by atoms with van der Waals surface area (Å²) in [6.07, 6.45) is 0. The van der Waals surface area contributed by atoms with Crippen LogP contribution in [-0.2, 0) is 26.2 Å². The average molecular weight is 504 g/mol. The van der Waals surface area contributed by atoms with Gasteiger partial charge in [0.2, 0.25) is 6.79 Å². The molecule has 0 atom stereocenters. The molecule has 6 nitrogen and oxygen atoms in total. The number of aryl methyl sites for hydroxylation is 1. The van der Waals surface area contributed by atoms with Crippen molar-refractivity contribution >= 4 is 17.2 Å². The number of nitrogens with zero attached hydrogens (tertiary/aromatic N) is 2. The zero-order valence-corrected chi connectivity index (χ0v) is 20.7. The van der Waals surface area contributed by atoms with Crippen molar-refractivity contribution in [3.63, 3.8) is 0 Å². The fourth-order valence-electron chi connectivity index (χ4n) is 3.97. The van der Waals surface area contributed by atoms with Gasteiger partial charge in [0.25, 0.3) is 5.91 Å². The smallest absolute Gasteiger partial charge is 0.271 e. The van der Waals surface area contributed by atoms with Crippen LogP contribution in [-0.4, -0.2) is 22.6 Å². The fraction of sp³-hybridized carbons (Fsp3) is 0.214. The van der Waals surface area contributed by atoms with Gasteiger partial charge in [-0.25, -0.2) is 9.37 Å². The van der Waals surface area contributed by atoms with Crippen LogP contribution in [0.25, 0.3) is 0 Å². The van der Waals surface area contributed by atoms with Crippen molar-refractivity contribution < 1.29 is 18.7 Å². The van der Waals surface area contributed by atoms with Gasteiger partial charge in [0.15, 0.2) is 11.5 Å². The lowest BCUT2D eigenvalue weighted by atomic mass is 10.1. The Balaban J connectivity index is 1.24. The number of aromatic nitrogens is 1. The molecule has 0 aliphatic carbocycles. The number of fused-ring (bicyclic) bond motifs is 1. The second kappa shape index (κ2) is 10.9. The molecule has 0 radical (unpaired) electrons. The van der Waals surface area contributed by atoms with Crippen LogP contribution in [0.5, 0.6) is 11.5 Å². The summed E-state index contributed by atoms with van der Waals surface area (Å²) >= 11 is 1.46. The minimum absolute atomic E-state index is 0.217. The van der Waals surface area contributed by atoms with Crippen LogP contribution in [0.3, 0.4) is 0 Å². The first-order valence-corrected chi connectivity index (χ1v) is 12.5. The monoisotopic (exact) mass is 503 g/mol. The summed E-state index contributed by atoms with van der Waals surface area (Å²) < 4.78 is 24.1. The number of amides is 1. The second-order valence-electron chi connectivity index (χ2n) is 8.75. The Hall–Kier alpha value is -3.75. The molecule has 8 heteroatoms. The number of hydrogen-bond acceptors (Lipinski definition) is 6. The minimum Gasteiger partial charge on any atom is -0.454 e. The Morgan fingerprint density at radius 3 is 2.36 bits per heavy atom. The quantitative estimate of drug-likeness (QED) is 0.329. The molecule has 184 valence electrons. The number of thiazole rings is 1. The first-order valence-electron chi connectivity index (χ1n) is 11.7. The van der Waals surface area contributed by atoms with Crippen molar-refractivity contribution in [1.29, 1.82) is 0 Å². The summed E-state index contributed by atoms with van der Waals surface area (Å²) in [4.78, 5) is 19.6. The molecular weight excluding hydrogens is 477 g/mol. The molecule has 2 heterocycles. The molecular formula is C28H26FN3O3S. The molecule has 1 amide bonds. The van der Waals surface area contributed by atoms with Gasteiger partial charge in [-0.3, -0.25) is 9.69 Å². The first kappa shape index (κ1) is 24.0. The number of hydrogen-bond donors (Lipinski definition) is 1. The molecule has 5 rings (SSSR count). The average Bonchev–Trinajstić information content (AvgIpc) is 3.54. The summed E-state index contributed by atoms with van der Waals surface area (Å²) in [5.41, 5.74) is 4.72. The summed E-state index contributed by atoms with van der Waals surface area (Å²) in [5, 5.41) is 5.55. The lowest BCUT2D eigenvalue weighted by Crippen LogP contribution is -2.24. The van der Waals surface area contributed by atoms with E-state index in [4.69, 9.17) is 9.47 Å². The SMILES string of the molecule is Cc1ccc(CN(Cc2ccc(F)cc2)Cc2nc(C(=O)NCc3ccc4c(c3)OCO4)cs2)cc1. The Morgan fingerprint density at radius 2 is 1.61 bits per heavy atom. The number of nitrogens with one attached hydrogen (secondary N) is 1. The van der Waals surface area contributed by atoms with E-state index in [9.17, 15) is 9.18 Å². The molecule has 1 aliphatic rings. The number of halogens is 1. The Bertz CT molecular complexity index is 1290. The molecule has 0 spiro atoms. The normalized spacial score (nSPS) is 12.2. The predicted molar refractivity (Wildman–Crippen MR) is 136 cm³/mol. The molecule has 0 saturated heterocycles. The predicted octanol–water partition coefficient (Wildman–Crippen LogP) is 5.45. The summed E-state index contributed by atoms with van der Waals surface area (Å²) in [6, 6.07) is 20.6. The van der Waals surface area contributed by atoms with E-state index in [-0.39, 0.29) is 18.5 Å². The summed E-state index contributed by atoms with van der Waals surface area (Å²) in [5.74, 6) is 0.927. The third-order valence-electron chi connectivity index (χ3n) is 5.88. The van der Waals surface area contributed by atoms with Gasteiger partial charge < -0.3 is 14.8 Å². The van der Waals surface area contributed by atoms with E-state index in [1.807, 2.05) is 18.2 Å². The van der Waals surface area contributed by atoms with Crippen molar-refractivity contribution in [2.24, 2.45) is 0 Å². The van der Waals surface area contributed by atoms with Crippen LogP contribution in [0.4, 0.5) is 4.39 Å². The minimum atomic E-state index is -0.250. The maximum atomic E-state index is 13.4. The van der Waals surface area contributed by atoms with E-state index in [0.29, 0.717) is 43.4 Å². The highest BCUT2D eigenvalue weighted by Crippen LogP contribution is 2.32. The molecule has 3 aromatic carbocycles. The van der Waals surface area contributed by atoms with Crippen molar-refractivity contribution in [3.05, 3.63) is 111 Å². The van der Waals surface area contributed by atoms with Gasteiger partial charge in [-0.2, -0.15) is 0 Å². The van der Waals surface area contributed by atoms with Crippen LogP contribution in [0, 0.1) is 12.7 Å². The zero-order valence-electron chi connectivity index (χ0n) is 19.9. The lowest BCUT2D eigenvalue weighted by molar-refractivity contribution is 0.0946. The molecule has 0 bridgehead atoms. The number of carbonyl (C=O) groups is 1. The van der Waals surface area contributed by atoms with Gasteiger partial charge in [0.1, 0.15) is 16.5 Å². The third-order valence-corrected chi connectivity index (χ3v) is 6.71. The topological polar surface area (TPSA) is 63.7 Å². The highest BCUT2D eigenvalue weighted by molar-refractivity contribution is 7.09. The second-order valence-corrected chi connectivity index (χ2v) is 9.70. The molecule has 1 aromatic heterocycles. The van der Waals surface area contributed by atoms with Gasteiger partial charge in [-0.05, 0) is 47.9 Å². The van der Waals surface area contributed by atoms with Crippen LogP contribution in [0.1, 0.15) is 37.7 Å². The largest absolute Gasteiger partial charge is 0.454 e. The third kappa shape index (κ3) is 6.08. The summed E-state index contributed by atoms with van der Waals surface area (Å²) in [7, 11) is 0. The highest BCUT2D eigenvalue weighted by Gasteiger charge is 2.16. The van der Waals surface area contributed by atoms with Crippen LogP contribution < -0.4 is 14.8 Å². The van der Waals surface area contributed by atoms with Gasteiger partial charge >= 0.3 is 0 Å². The maximum absolute atomic E-state index is 13.4. The fourth-order valence-corrected chi connectivity index (χ4v) is 4.79. The molecule has 0 unspecified atom stereocenters. The van der Waals surface area contributed by atoms with Crippen LogP contribution >= 0.6 is 11.3 Å². The zero-order chi connectivity index (χ0) is 24.9. The Morgan fingerprint density at radius 1 is 0.944 bits per heavy atom. The molecule has 4 aromatic rings. The molecule has 1 N–H and O–H groups in total. The summed E-state index contributed by atoms with van der Waals surface area (Å²) in [6.45, 7) is 4.57. The van der Waals surface area contributed by atoms with E-state index in [1.54, 1.807) is 17.5 Å². The number of ether oxygens (including phenoxy) is 2. The van der Waals surface area contributed by atoms with E-state index < -0.39 is 0 Å². The molecule has 36 heavy (non-hydrogen) atoms. The van der Waals surface area contributed by atoms with Gasteiger partial charge in [0.05, 0.1) is 6.54 Å². The molecule has 1 aliphatic heterocycles. The van der Waals surface area contributed by atoms with Crippen molar-refractivity contribution in [1.82, 2.24) is 15.2 Å². The van der Waals surface area contributed by atoms with Crippen molar-refractivity contribution in [3.8, 4) is 11.5 Å². The maximum Gasteiger partial charge on any atom is 0.271 e. The molecule has 0 fully saturated rings. The van der Waals surface area contributed by atoms with Crippen LogP contribution in [0.2, 0.25) is 0 Å².